The van der Waals surface area contributed by atoms with E-state index >= 15 is 0 Å². The average molecular weight is 263 g/mol. The Morgan fingerprint density at radius 3 is 2.32 bits per heavy atom. The number of carboxylic acids is 1. The van der Waals surface area contributed by atoms with Crippen molar-refractivity contribution < 1.29 is 14.7 Å². The zero-order valence-corrected chi connectivity index (χ0v) is 11.7. The van der Waals surface area contributed by atoms with Crippen LogP contribution in [-0.4, -0.2) is 35.0 Å². The van der Waals surface area contributed by atoms with E-state index in [1.807, 2.05) is 12.1 Å². The van der Waals surface area contributed by atoms with Gasteiger partial charge in [0.1, 0.15) is 6.04 Å². The molecule has 0 radical (unpaired) electrons. The zero-order valence-electron chi connectivity index (χ0n) is 11.7. The molecule has 104 valence electrons. The molecule has 0 aliphatic carbocycles. The summed E-state index contributed by atoms with van der Waals surface area (Å²) >= 11 is 0. The molecule has 4 nitrogen and oxygen atoms in total. The summed E-state index contributed by atoms with van der Waals surface area (Å²) in [5.74, 6) is -1.27. The van der Waals surface area contributed by atoms with E-state index in [0.29, 0.717) is 5.56 Å². The van der Waals surface area contributed by atoms with Gasteiger partial charge in [-0.05, 0) is 37.5 Å². The fraction of sp³-hybridized carbons (Fsp3) is 0.467. The molecular formula is C15H21NO3. The number of hydrogen-bond acceptors (Lipinski definition) is 2. The molecule has 1 aromatic rings. The molecule has 0 saturated carbocycles. The molecule has 1 atom stereocenters. The van der Waals surface area contributed by atoms with Gasteiger partial charge in [0, 0.05) is 12.6 Å². The van der Waals surface area contributed by atoms with E-state index in [1.165, 1.54) is 24.4 Å². The third kappa shape index (κ3) is 4.09. The SMILES string of the molecule is CCCCc1ccc(C(=O)N(C)C(C)C(=O)O)cc1. The molecule has 0 fully saturated rings. The molecule has 0 aromatic heterocycles. The van der Waals surface area contributed by atoms with Crippen LogP contribution in [-0.2, 0) is 11.2 Å². The molecule has 0 aliphatic heterocycles. The Hall–Kier alpha value is -1.84. The Kier molecular flexibility index (Phi) is 5.55. The predicted molar refractivity (Wildman–Crippen MR) is 74.2 cm³/mol. The third-order valence-corrected chi connectivity index (χ3v) is 3.28. The lowest BCUT2D eigenvalue weighted by atomic mass is 10.1. The van der Waals surface area contributed by atoms with Crippen molar-refractivity contribution in [3.8, 4) is 0 Å². The Balaban J connectivity index is 2.75. The van der Waals surface area contributed by atoms with E-state index < -0.39 is 12.0 Å². The number of carbonyl (C=O) groups excluding carboxylic acids is 1. The van der Waals surface area contributed by atoms with Gasteiger partial charge in [0.2, 0.25) is 0 Å². The maximum Gasteiger partial charge on any atom is 0.326 e. The number of unbranched alkanes of at least 4 members (excludes halogenated alkanes) is 1. The van der Waals surface area contributed by atoms with Gasteiger partial charge < -0.3 is 10.0 Å². The fourth-order valence-electron chi connectivity index (χ4n) is 1.74. The largest absolute Gasteiger partial charge is 0.480 e. The van der Waals surface area contributed by atoms with E-state index in [1.54, 1.807) is 12.1 Å². The van der Waals surface area contributed by atoms with Gasteiger partial charge in [0.05, 0.1) is 0 Å². The molecular weight excluding hydrogens is 242 g/mol. The highest BCUT2D eigenvalue weighted by Crippen LogP contribution is 2.11. The molecule has 0 bridgehead atoms. The van der Waals surface area contributed by atoms with Crippen LogP contribution in [0.5, 0.6) is 0 Å². The smallest absolute Gasteiger partial charge is 0.326 e. The van der Waals surface area contributed by atoms with Crippen molar-refractivity contribution in [1.29, 1.82) is 0 Å². The molecule has 1 amide bonds. The van der Waals surface area contributed by atoms with E-state index in [2.05, 4.69) is 6.92 Å². The number of carboxylic acid groups (broad SMARTS) is 1. The van der Waals surface area contributed by atoms with E-state index in [4.69, 9.17) is 5.11 Å². The Bertz CT molecular complexity index is 439. The van der Waals surface area contributed by atoms with Crippen molar-refractivity contribution in [3.63, 3.8) is 0 Å². The minimum Gasteiger partial charge on any atom is -0.480 e. The van der Waals surface area contributed by atoms with Gasteiger partial charge in [-0.2, -0.15) is 0 Å². The standard InChI is InChI=1S/C15H21NO3/c1-4-5-6-12-7-9-13(10-8-12)14(17)16(3)11(2)15(18)19/h7-11H,4-6H2,1-3H3,(H,18,19). The maximum atomic E-state index is 12.1. The lowest BCUT2D eigenvalue weighted by molar-refractivity contribution is -0.141. The molecule has 1 aromatic carbocycles. The normalized spacial score (nSPS) is 11.9. The quantitative estimate of drug-likeness (QED) is 0.858. The number of benzene rings is 1. The fourth-order valence-corrected chi connectivity index (χ4v) is 1.74. The van der Waals surface area contributed by atoms with Gasteiger partial charge in [0.15, 0.2) is 0 Å². The van der Waals surface area contributed by atoms with Gasteiger partial charge in [0.25, 0.3) is 5.91 Å². The maximum absolute atomic E-state index is 12.1. The number of rotatable bonds is 6. The topological polar surface area (TPSA) is 57.6 Å². The molecule has 1 rings (SSSR count). The van der Waals surface area contributed by atoms with E-state index in [0.717, 1.165) is 19.3 Å². The average Bonchev–Trinajstić information content (AvgIpc) is 2.43. The number of aryl methyl sites for hydroxylation is 1. The van der Waals surface area contributed by atoms with E-state index in [-0.39, 0.29) is 5.91 Å². The highest BCUT2D eigenvalue weighted by molar-refractivity contribution is 5.96. The minimum atomic E-state index is -1.00. The molecule has 1 unspecified atom stereocenters. The molecule has 4 heteroatoms. The van der Waals surface area contributed by atoms with Crippen LogP contribution in [0.15, 0.2) is 24.3 Å². The Labute approximate surface area is 114 Å². The molecule has 1 N–H and O–H groups in total. The van der Waals surface area contributed by atoms with Crippen LogP contribution < -0.4 is 0 Å². The molecule has 19 heavy (non-hydrogen) atoms. The van der Waals surface area contributed by atoms with Crippen molar-refractivity contribution in [2.24, 2.45) is 0 Å². The van der Waals surface area contributed by atoms with Crippen molar-refractivity contribution in [3.05, 3.63) is 35.4 Å². The highest BCUT2D eigenvalue weighted by Gasteiger charge is 2.22. The van der Waals surface area contributed by atoms with Gasteiger partial charge in [-0.15, -0.1) is 0 Å². The van der Waals surface area contributed by atoms with Crippen LogP contribution >= 0.6 is 0 Å². The van der Waals surface area contributed by atoms with Gasteiger partial charge >= 0.3 is 5.97 Å². The first-order chi connectivity index (χ1) is 8.97. The van der Waals surface area contributed by atoms with Crippen molar-refractivity contribution in [1.82, 2.24) is 4.90 Å². The highest BCUT2D eigenvalue weighted by atomic mass is 16.4. The van der Waals surface area contributed by atoms with Gasteiger partial charge in [-0.3, -0.25) is 4.79 Å². The summed E-state index contributed by atoms with van der Waals surface area (Å²) in [4.78, 5) is 24.2. The van der Waals surface area contributed by atoms with Crippen LogP contribution in [0.1, 0.15) is 42.6 Å². The first kappa shape index (κ1) is 15.2. The van der Waals surface area contributed by atoms with Crippen LogP contribution in [0.2, 0.25) is 0 Å². The molecule has 0 aliphatic rings. The van der Waals surface area contributed by atoms with Gasteiger partial charge in [-0.25, -0.2) is 4.79 Å². The second kappa shape index (κ2) is 6.92. The van der Waals surface area contributed by atoms with Crippen LogP contribution in [0.3, 0.4) is 0 Å². The summed E-state index contributed by atoms with van der Waals surface area (Å²) in [6, 6.07) is 6.56. The number of likely N-dealkylation sites (N-methyl/N-ethyl adjacent to an activating group) is 1. The van der Waals surface area contributed by atoms with Crippen molar-refractivity contribution in [2.75, 3.05) is 7.05 Å². The lowest BCUT2D eigenvalue weighted by Gasteiger charge is -2.21. The predicted octanol–water partition coefficient (Wildman–Crippen LogP) is 2.57. The van der Waals surface area contributed by atoms with Crippen molar-refractivity contribution >= 4 is 11.9 Å². The molecule has 0 saturated heterocycles. The van der Waals surface area contributed by atoms with Gasteiger partial charge in [-0.1, -0.05) is 25.5 Å². The number of carbonyl (C=O) groups is 2. The monoisotopic (exact) mass is 263 g/mol. The minimum absolute atomic E-state index is 0.267. The van der Waals surface area contributed by atoms with Crippen LogP contribution in [0, 0.1) is 0 Å². The molecule has 0 heterocycles. The van der Waals surface area contributed by atoms with E-state index in [9.17, 15) is 9.59 Å². The van der Waals surface area contributed by atoms with Crippen LogP contribution in [0.25, 0.3) is 0 Å². The summed E-state index contributed by atoms with van der Waals surface area (Å²) in [5.41, 5.74) is 1.73. The van der Waals surface area contributed by atoms with Crippen molar-refractivity contribution in [2.45, 2.75) is 39.2 Å². The second-order valence-electron chi connectivity index (χ2n) is 4.73. The summed E-state index contributed by atoms with van der Waals surface area (Å²) in [6.07, 6.45) is 3.27. The first-order valence-corrected chi connectivity index (χ1v) is 6.56. The second-order valence-corrected chi connectivity index (χ2v) is 4.73. The number of hydrogen-bond donors (Lipinski definition) is 1. The summed E-state index contributed by atoms with van der Waals surface area (Å²) in [7, 11) is 1.51. The third-order valence-electron chi connectivity index (χ3n) is 3.28. The van der Waals surface area contributed by atoms with Crippen LogP contribution in [0.4, 0.5) is 0 Å². The number of amides is 1. The zero-order chi connectivity index (χ0) is 14.4. The summed E-state index contributed by atoms with van der Waals surface area (Å²) in [6.45, 7) is 3.63. The first-order valence-electron chi connectivity index (χ1n) is 6.56. The number of nitrogens with zero attached hydrogens (tertiary/aromatic N) is 1. The summed E-state index contributed by atoms with van der Waals surface area (Å²) < 4.78 is 0. The lowest BCUT2D eigenvalue weighted by Crippen LogP contribution is -2.40. The Morgan fingerprint density at radius 2 is 1.84 bits per heavy atom. The Morgan fingerprint density at radius 1 is 1.26 bits per heavy atom. The molecule has 0 spiro atoms. The summed E-state index contributed by atoms with van der Waals surface area (Å²) in [5, 5.41) is 8.90. The number of aliphatic carboxylic acids is 1.